The third-order valence-electron chi connectivity index (χ3n) is 2.55. The molecule has 0 aliphatic carbocycles. The van der Waals surface area contributed by atoms with E-state index in [1.54, 1.807) is 6.92 Å². The summed E-state index contributed by atoms with van der Waals surface area (Å²) in [4.78, 5) is 11.9. The number of thiophene rings is 1. The van der Waals surface area contributed by atoms with E-state index in [0.29, 0.717) is 5.75 Å². The van der Waals surface area contributed by atoms with Gasteiger partial charge in [0, 0.05) is 5.38 Å². The zero-order chi connectivity index (χ0) is 13.8. The van der Waals surface area contributed by atoms with Crippen LogP contribution in [0.1, 0.15) is 12.5 Å². The first kappa shape index (κ1) is 14.1. The largest absolute Gasteiger partial charge is 0.480 e. The van der Waals surface area contributed by atoms with Gasteiger partial charge in [0.2, 0.25) is 0 Å². The van der Waals surface area contributed by atoms with Gasteiger partial charge in [0.1, 0.15) is 5.75 Å². The molecule has 2 aromatic rings. The van der Waals surface area contributed by atoms with Crippen molar-refractivity contribution in [3.63, 3.8) is 0 Å². The number of amides is 1. The lowest BCUT2D eigenvalue weighted by Gasteiger charge is -2.15. The Morgan fingerprint density at radius 2 is 2.21 bits per heavy atom. The first-order chi connectivity index (χ1) is 9.06. The van der Waals surface area contributed by atoms with Crippen LogP contribution in [0.5, 0.6) is 5.75 Å². The first-order valence-electron chi connectivity index (χ1n) is 5.82. The molecular weight excluding hydrogens is 326 g/mol. The number of ether oxygens (including phenoxy) is 1. The average molecular weight is 340 g/mol. The van der Waals surface area contributed by atoms with Crippen LogP contribution in [-0.4, -0.2) is 12.0 Å². The molecule has 1 heterocycles. The van der Waals surface area contributed by atoms with Crippen molar-refractivity contribution in [2.24, 2.45) is 0 Å². The Bertz CT molecular complexity index is 569. The Morgan fingerprint density at radius 3 is 2.84 bits per heavy atom. The Balaban J connectivity index is 2.00. The summed E-state index contributed by atoms with van der Waals surface area (Å²) >= 11 is 4.97. The molecule has 0 fully saturated rings. The maximum Gasteiger partial charge on any atom is 0.265 e. The van der Waals surface area contributed by atoms with Crippen LogP contribution in [0.4, 0.5) is 5.69 Å². The predicted molar refractivity (Wildman–Crippen MR) is 81.9 cm³/mol. The molecule has 1 N–H and O–H groups in total. The van der Waals surface area contributed by atoms with Crippen LogP contribution in [0.15, 0.2) is 39.5 Å². The Hall–Kier alpha value is -1.33. The van der Waals surface area contributed by atoms with Gasteiger partial charge in [0.25, 0.3) is 5.91 Å². The number of rotatable bonds is 4. The zero-order valence-electron chi connectivity index (χ0n) is 10.6. The second-order valence-corrected chi connectivity index (χ2v) is 5.83. The molecule has 5 heteroatoms. The molecule has 1 atom stereocenters. The lowest BCUT2D eigenvalue weighted by Crippen LogP contribution is -2.30. The standard InChI is InChI=1S/C14H14BrNO2S/c1-9-3-4-13(12(15)7-9)18-10(2)14(17)16-11-5-6-19-8-11/h3-8,10H,1-2H3,(H,16,17). The van der Waals surface area contributed by atoms with Gasteiger partial charge in [-0.15, -0.1) is 0 Å². The van der Waals surface area contributed by atoms with E-state index in [2.05, 4.69) is 21.2 Å². The lowest BCUT2D eigenvalue weighted by molar-refractivity contribution is -0.122. The van der Waals surface area contributed by atoms with Gasteiger partial charge in [-0.1, -0.05) is 6.07 Å². The van der Waals surface area contributed by atoms with Crippen LogP contribution >= 0.6 is 27.3 Å². The molecule has 0 saturated heterocycles. The summed E-state index contributed by atoms with van der Waals surface area (Å²) in [5.41, 5.74) is 1.93. The molecule has 0 aliphatic heterocycles. The van der Waals surface area contributed by atoms with Gasteiger partial charge in [-0.25, -0.2) is 0 Å². The number of carbonyl (C=O) groups is 1. The van der Waals surface area contributed by atoms with Crippen LogP contribution in [0.25, 0.3) is 0 Å². The Morgan fingerprint density at radius 1 is 1.42 bits per heavy atom. The van der Waals surface area contributed by atoms with Crippen LogP contribution < -0.4 is 10.1 Å². The number of nitrogens with one attached hydrogen (secondary N) is 1. The second-order valence-electron chi connectivity index (χ2n) is 4.20. The third-order valence-corrected chi connectivity index (χ3v) is 3.85. The summed E-state index contributed by atoms with van der Waals surface area (Å²) in [6, 6.07) is 7.62. The van der Waals surface area contributed by atoms with Crippen LogP contribution in [0.2, 0.25) is 0 Å². The summed E-state index contributed by atoms with van der Waals surface area (Å²) in [6.07, 6.45) is -0.557. The molecule has 1 amide bonds. The highest BCUT2D eigenvalue weighted by atomic mass is 79.9. The number of carbonyl (C=O) groups excluding carboxylic acids is 1. The van der Waals surface area contributed by atoms with Crippen molar-refractivity contribution in [2.45, 2.75) is 20.0 Å². The molecule has 1 aromatic heterocycles. The lowest BCUT2D eigenvalue weighted by atomic mass is 10.2. The van der Waals surface area contributed by atoms with Gasteiger partial charge in [-0.05, 0) is 58.9 Å². The smallest absolute Gasteiger partial charge is 0.265 e. The fraction of sp³-hybridized carbons (Fsp3) is 0.214. The maximum absolute atomic E-state index is 11.9. The SMILES string of the molecule is Cc1ccc(OC(C)C(=O)Nc2ccsc2)c(Br)c1. The summed E-state index contributed by atoms with van der Waals surface area (Å²) in [7, 11) is 0. The number of hydrogen-bond acceptors (Lipinski definition) is 3. The summed E-state index contributed by atoms with van der Waals surface area (Å²) in [6.45, 7) is 3.73. The fourth-order valence-electron chi connectivity index (χ4n) is 1.52. The normalized spacial score (nSPS) is 11.9. The highest BCUT2D eigenvalue weighted by molar-refractivity contribution is 9.10. The number of hydrogen-bond donors (Lipinski definition) is 1. The maximum atomic E-state index is 11.9. The summed E-state index contributed by atoms with van der Waals surface area (Å²) in [5, 5.41) is 6.60. The average Bonchev–Trinajstić information content (AvgIpc) is 2.85. The minimum Gasteiger partial charge on any atom is -0.480 e. The Labute approximate surface area is 124 Å². The number of benzene rings is 1. The van der Waals surface area contributed by atoms with Gasteiger partial charge in [-0.3, -0.25) is 4.79 Å². The van der Waals surface area contributed by atoms with Crippen molar-refractivity contribution < 1.29 is 9.53 Å². The van der Waals surface area contributed by atoms with Crippen LogP contribution in [0, 0.1) is 6.92 Å². The quantitative estimate of drug-likeness (QED) is 0.905. The second kappa shape index (κ2) is 6.21. The topological polar surface area (TPSA) is 38.3 Å². The first-order valence-corrected chi connectivity index (χ1v) is 7.55. The predicted octanol–water partition coefficient (Wildman–Crippen LogP) is 4.23. The highest BCUT2D eigenvalue weighted by Gasteiger charge is 2.16. The summed E-state index contributed by atoms with van der Waals surface area (Å²) in [5.74, 6) is 0.504. The molecule has 100 valence electrons. The molecule has 0 aliphatic rings. The Kier molecular flexibility index (Phi) is 4.61. The van der Waals surface area contributed by atoms with Crippen LogP contribution in [-0.2, 0) is 4.79 Å². The van der Waals surface area contributed by atoms with E-state index in [9.17, 15) is 4.79 Å². The molecule has 3 nitrogen and oxygen atoms in total. The molecule has 0 radical (unpaired) electrons. The van der Waals surface area contributed by atoms with E-state index in [-0.39, 0.29) is 5.91 Å². The van der Waals surface area contributed by atoms with E-state index in [1.807, 2.05) is 41.9 Å². The van der Waals surface area contributed by atoms with Crippen molar-refractivity contribution in [3.8, 4) is 5.75 Å². The van der Waals surface area contributed by atoms with Crippen molar-refractivity contribution in [2.75, 3.05) is 5.32 Å². The van der Waals surface area contributed by atoms with Crippen molar-refractivity contribution in [1.82, 2.24) is 0 Å². The van der Waals surface area contributed by atoms with E-state index >= 15 is 0 Å². The number of anilines is 1. The van der Waals surface area contributed by atoms with E-state index in [1.165, 1.54) is 11.3 Å². The zero-order valence-corrected chi connectivity index (χ0v) is 13.0. The minimum atomic E-state index is -0.557. The van der Waals surface area contributed by atoms with E-state index in [0.717, 1.165) is 15.7 Å². The molecule has 1 aromatic carbocycles. The van der Waals surface area contributed by atoms with Gasteiger partial charge in [-0.2, -0.15) is 11.3 Å². The molecular formula is C14H14BrNO2S. The minimum absolute atomic E-state index is 0.161. The third kappa shape index (κ3) is 3.81. The highest BCUT2D eigenvalue weighted by Crippen LogP contribution is 2.26. The molecule has 0 spiro atoms. The van der Waals surface area contributed by atoms with Gasteiger partial charge in [0.05, 0.1) is 10.2 Å². The van der Waals surface area contributed by atoms with E-state index < -0.39 is 6.10 Å². The molecule has 2 rings (SSSR count). The van der Waals surface area contributed by atoms with Gasteiger partial charge < -0.3 is 10.1 Å². The fourth-order valence-corrected chi connectivity index (χ4v) is 2.70. The molecule has 0 saturated carbocycles. The summed E-state index contributed by atoms with van der Waals surface area (Å²) < 4.78 is 6.50. The molecule has 1 unspecified atom stereocenters. The number of halogens is 1. The van der Waals surface area contributed by atoms with Crippen molar-refractivity contribution in [3.05, 3.63) is 45.1 Å². The van der Waals surface area contributed by atoms with Crippen molar-refractivity contribution >= 4 is 38.9 Å². The van der Waals surface area contributed by atoms with Gasteiger partial charge in [0.15, 0.2) is 6.10 Å². The van der Waals surface area contributed by atoms with Gasteiger partial charge >= 0.3 is 0 Å². The van der Waals surface area contributed by atoms with E-state index in [4.69, 9.17) is 4.74 Å². The van der Waals surface area contributed by atoms with Crippen LogP contribution in [0.3, 0.4) is 0 Å². The monoisotopic (exact) mass is 339 g/mol. The number of aryl methyl sites for hydroxylation is 1. The molecule has 0 bridgehead atoms. The molecule has 19 heavy (non-hydrogen) atoms. The van der Waals surface area contributed by atoms with Crippen molar-refractivity contribution in [1.29, 1.82) is 0 Å².